The molecule has 0 amide bonds. The highest BCUT2D eigenvalue weighted by Gasteiger charge is 2.02. The van der Waals surface area contributed by atoms with Gasteiger partial charge in [0.1, 0.15) is 7.85 Å². The monoisotopic (exact) mass is 158 g/mol. The summed E-state index contributed by atoms with van der Waals surface area (Å²) >= 11 is 0. The van der Waals surface area contributed by atoms with E-state index in [9.17, 15) is 0 Å². The summed E-state index contributed by atoms with van der Waals surface area (Å²) in [4.78, 5) is 0. The van der Waals surface area contributed by atoms with Crippen molar-refractivity contribution >= 4 is 18.9 Å². The highest BCUT2D eigenvalue weighted by atomic mass is 14.1. The molecule has 0 saturated heterocycles. The first-order chi connectivity index (χ1) is 5.54. The molecule has 0 aliphatic carbocycles. The minimum absolute atomic E-state index is 1.15. The van der Waals surface area contributed by atoms with E-state index in [1.807, 2.05) is 0 Å². The molecule has 0 nitrogen and oxygen atoms in total. The fraction of sp³-hybridized carbons (Fsp3) is 0.273. The normalized spacial score (nSPS) is 9.92. The second kappa shape index (κ2) is 3.18. The van der Waals surface area contributed by atoms with E-state index >= 15 is 0 Å². The van der Waals surface area contributed by atoms with Crippen molar-refractivity contribution < 1.29 is 0 Å². The first kappa shape index (κ1) is 9.12. The van der Waals surface area contributed by atoms with Crippen molar-refractivity contribution in [1.29, 1.82) is 0 Å². The van der Waals surface area contributed by atoms with Crippen molar-refractivity contribution in [2.45, 2.75) is 20.8 Å². The quantitative estimate of drug-likeness (QED) is 0.544. The lowest BCUT2D eigenvalue weighted by atomic mass is 9.85. The smallest absolute Gasteiger partial charge is 0.0955 e. The summed E-state index contributed by atoms with van der Waals surface area (Å²) in [7, 11) is 2.14. The van der Waals surface area contributed by atoms with Gasteiger partial charge in [-0.25, -0.2) is 0 Å². The predicted molar refractivity (Wildman–Crippen MR) is 58.8 cm³/mol. The molecule has 0 aromatic heterocycles. The zero-order chi connectivity index (χ0) is 9.30. The Morgan fingerprint density at radius 2 is 1.83 bits per heavy atom. The molecule has 0 saturated carbocycles. The van der Waals surface area contributed by atoms with Gasteiger partial charge in [0.05, 0.1) is 0 Å². The molecule has 0 aliphatic rings. The zero-order valence-corrected chi connectivity index (χ0v) is 8.36. The molecule has 0 spiro atoms. The van der Waals surface area contributed by atoms with Gasteiger partial charge in [0.25, 0.3) is 0 Å². The van der Waals surface area contributed by atoms with Crippen LogP contribution in [0, 0.1) is 13.8 Å². The van der Waals surface area contributed by atoms with Crippen molar-refractivity contribution in [3.63, 3.8) is 0 Å². The molecule has 0 heterocycles. The average Bonchev–Trinajstić information content (AvgIpc) is 2.00. The van der Waals surface area contributed by atoms with E-state index in [1.54, 1.807) is 0 Å². The Labute approximate surface area is 75.7 Å². The maximum Gasteiger partial charge on any atom is 0.139 e. The molecule has 1 aromatic rings. The van der Waals surface area contributed by atoms with Crippen LogP contribution in [-0.4, -0.2) is 7.85 Å². The standard InChI is InChI=1S/C11H15B/c1-7(2)10-5-6-11(12)9(4)8(10)3/h5-6H,1,12H2,2-4H3. The summed E-state index contributed by atoms with van der Waals surface area (Å²) in [6, 6.07) is 4.31. The van der Waals surface area contributed by atoms with Crippen molar-refractivity contribution in [2.24, 2.45) is 0 Å². The van der Waals surface area contributed by atoms with Crippen molar-refractivity contribution in [1.82, 2.24) is 0 Å². The zero-order valence-electron chi connectivity index (χ0n) is 8.36. The molecule has 0 N–H and O–H groups in total. The van der Waals surface area contributed by atoms with Crippen LogP contribution < -0.4 is 5.46 Å². The molecule has 0 atom stereocenters. The van der Waals surface area contributed by atoms with Crippen molar-refractivity contribution in [3.05, 3.63) is 35.4 Å². The van der Waals surface area contributed by atoms with Gasteiger partial charge in [-0.15, -0.1) is 0 Å². The van der Waals surface area contributed by atoms with Crippen LogP contribution in [0.4, 0.5) is 0 Å². The SMILES string of the molecule is Bc1ccc(C(=C)C)c(C)c1C. The Kier molecular flexibility index (Phi) is 2.42. The van der Waals surface area contributed by atoms with E-state index in [1.165, 1.54) is 22.2 Å². The van der Waals surface area contributed by atoms with Gasteiger partial charge in [-0.1, -0.05) is 35.3 Å². The molecule has 12 heavy (non-hydrogen) atoms. The van der Waals surface area contributed by atoms with Crippen LogP contribution in [0.2, 0.25) is 0 Å². The van der Waals surface area contributed by atoms with Crippen LogP contribution in [0.3, 0.4) is 0 Å². The fourth-order valence-corrected chi connectivity index (χ4v) is 1.42. The number of hydrogen-bond acceptors (Lipinski definition) is 0. The third-order valence-corrected chi connectivity index (χ3v) is 2.52. The van der Waals surface area contributed by atoms with E-state index < -0.39 is 0 Å². The molecular weight excluding hydrogens is 143 g/mol. The van der Waals surface area contributed by atoms with Gasteiger partial charge in [-0.05, 0) is 31.9 Å². The molecule has 62 valence electrons. The minimum Gasteiger partial charge on any atom is -0.0955 e. The van der Waals surface area contributed by atoms with Crippen molar-refractivity contribution in [3.8, 4) is 0 Å². The van der Waals surface area contributed by atoms with Gasteiger partial charge in [0.2, 0.25) is 0 Å². The molecule has 0 radical (unpaired) electrons. The predicted octanol–water partition coefficient (Wildman–Crippen LogP) is 1.59. The number of benzene rings is 1. The maximum atomic E-state index is 3.96. The third kappa shape index (κ3) is 1.45. The van der Waals surface area contributed by atoms with E-state index in [0.717, 1.165) is 5.57 Å². The van der Waals surface area contributed by atoms with E-state index in [0.29, 0.717) is 0 Å². The number of rotatable bonds is 1. The van der Waals surface area contributed by atoms with Gasteiger partial charge < -0.3 is 0 Å². The molecule has 1 aromatic carbocycles. The molecule has 0 bridgehead atoms. The Balaban J connectivity index is 3.36. The first-order valence-corrected chi connectivity index (χ1v) is 4.26. The van der Waals surface area contributed by atoms with Crippen LogP contribution in [0.25, 0.3) is 5.57 Å². The van der Waals surface area contributed by atoms with Crippen LogP contribution in [0.15, 0.2) is 18.7 Å². The topological polar surface area (TPSA) is 0 Å². The summed E-state index contributed by atoms with van der Waals surface area (Å²) in [6.45, 7) is 10.3. The molecule has 1 rings (SSSR count). The van der Waals surface area contributed by atoms with E-state index in [2.05, 4.69) is 47.3 Å². The van der Waals surface area contributed by atoms with Crippen LogP contribution >= 0.6 is 0 Å². The summed E-state index contributed by atoms with van der Waals surface area (Å²) < 4.78 is 0. The lowest BCUT2D eigenvalue weighted by Crippen LogP contribution is -2.09. The summed E-state index contributed by atoms with van der Waals surface area (Å²) in [5.41, 5.74) is 6.55. The van der Waals surface area contributed by atoms with Crippen LogP contribution in [0.1, 0.15) is 23.6 Å². The van der Waals surface area contributed by atoms with Gasteiger partial charge in [-0.2, -0.15) is 0 Å². The second-order valence-corrected chi connectivity index (χ2v) is 3.46. The highest BCUT2D eigenvalue weighted by molar-refractivity contribution is 6.33. The summed E-state index contributed by atoms with van der Waals surface area (Å²) in [5, 5.41) is 0. The van der Waals surface area contributed by atoms with Gasteiger partial charge in [0.15, 0.2) is 0 Å². The molecule has 0 fully saturated rings. The van der Waals surface area contributed by atoms with Gasteiger partial charge in [0, 0.05) is 0 Å². The maximum absolute atomic E-state index is 3.96. The lowest BCUT2D eigenvalue weighted by molar-refractivity contribution is 1.33. The molecule has 0 unspecified atom stereocenters. The molecule has 1 heteroatoms. The Bertz CT molecular complexity index is 324. The third-order valence-electron chi connectivity index (χ3n) is 2.52. The average molecular weight is 158 g/mol. The second-order valence-electron chi connectivity index (χ2n) is 3.46. The lowest BCUT2D eigenvalue weighted by Gasteiger charge is -2.10. The Hall–Kier alpha value is -0.975. The van der Waals surface area contributed by atoms with E-state index in [-0.39, 0.29) is 0 Å². The Morgan fingerprint density at radius 3 is 2.33 bits per heavy atom. The molecular formula is C11H15B. The van der Waals surface area contributed by atoms with Crippen molar-refractivity contribution in [2.75, 3.05) is 0 Å². The minimum atomic E-state index is 1.15. The summed E-state index contributed by atoms with van der Waals surface area (Å²) in [5.74, 6) is 0. The van der Waals surface area contributed by atoms with E-state index in [4.69, 9.17) is 0 Å². The largest absolute Gasteiger partial charge is 0.139 e. The van der Waals surface area contributed by atoms with Gasteiger partial charge in [-0.3, -0.25) is 0 Å². The number of allylic oxidation sites excluding steroid dienone is 1. The van der Waals surface area contributed by atoms with Crippen LogP contribution in [-0.2, 0) is 0 Å². The molecule has 0 aliphatic heterocycles. The van der Waals surface area contributed by atoms with Crippen LogP contribution in [0.5, 0.6) is 0 Å². The number of hydrogen-bond donors (Lipinski definition) is 0. The summed E-state index contributed by atoms with van der Waals surface area (Å²) in [6.07, 6.45) is 0. The Morgan fingerprint density at radius 1 is 1.25 bits per heavy atom. The fourth-order valence-electron chi connectivity index (χ4n) is 1.42. The highest BCUT2D eigenvalue weighted by Crippen LogP contribution is 2.17. The van der Waals surface area contributed by atoms with Gasteiger partial charge >= 0.3 is 0 Å². The first-order valence-electron chi connectivity index (χ1n) is 4.26.